The number of carbonyl (C=O) groups is 1. The first-order valence-electron chi connectivity index (χ1n) is 8.55. The van der Waals surface area contributed by atoms with Gasteiger partial charge < -0.3 is 15.0 Å². The third-order valence-corrected chi connectivity index (χ3v) is 4.39. The Hall–Kier alpha value is -3.65. The molecule has 0 aliphatic carbocycles. The molecule has 1 heterocycles. The largest absolute Gasteiger partial charge is 0.545 e. The molecule has 3 aromatic rings. The van der Waals surface area contributed by atoms with Crippen molar-refractivity contribution in [3.63, 3.8) is 0 Å². The Labute approximate surface area is 169 Å². The summed E-state index contributed by atoms with van der Waals surface area (Å²) in [6.07, 6.45) is 0.227. The van der Waals surface area contributed by atoms with Crippen LogP contribution in [-0.4, -0.2) is 26.3 Å². The van der Waals surface area contributed by atoms with Crippen LogP contribution in [0.2, 0.25) is 5.02 Å². The maximum absolute atomic E-state index is 12.4. The molecule has 0 aliphatic heterocycles. The lowest BCUT2D eigenvalue weighted by Crippen LogP contribution is -2.33. The Morgan fingerprint density at radius 3 is 2.52 bits per heavy atom. The molecule has 8 nitrogen and oxygen atoms in total. The van der Waals surface area contributed by atoms with Gasteiger partial charge in [0.25, 0.3) is 5.56 Å². The van der Waals surface area contributed by atoms with Gasteiger partial charge in [0.1, 0.15) is 5.56 Å². The fraction of sp³-hybridized carbons (Fsp3) is 0.100. The van der Waals surface area contributed by atoms with Crippen molar-refractivity contribution in [2.75, 3.05) is 0 Å². The topological polar surface area (TPSA) is 128 Å². The van der Waals surface area contributed by atoms with E-state index in [0.717, 1.165) is 4.57 Å². The highest BCUT2D eigenvalue weighted by Gasteiger charge is 2.19. The number of aromatic amines is 1. The maximum Gasteiger partial charge on any atom is 0.335 e. The van der Waals surface area contributed by atoms with Gasteiger partial charge in [-0.2, -0.15) is 0 Å². The molecule has 0 amide bonds. The van der Waals surface area contributed by atoms with E-state index >= 15 is 0 Å². The predicted octanol–water partition coefficient (Wildman–Crippen LogP) is 1.78. The average Bonchev–Trinajstić information content (AvgIpc) is 2.68. The summed E-state index contributed by atoms with van der Waals surface area (Å²) in [4.78, 5) is 42.2. The molecule has 9 heteroatoms. The molecule has 0 unspecified atom stereocenters. The minimum absolute atomic E-state index is 0.0778. The van der Waals surface area contributed by atoms with E-state index in [4.69, 9.17) is 11.6 Å². The number of carboxylic acids is 1. The third-order valence-electron chi connectivity index (χ3n) is 4.14. The van der Waals surface area contributed by atoms with Crippen molar-refractivity contribution in [3.8, 4) is 11.6 Å². The van der Waals surface area contributed by atoms with Gasteiger partial charge in [0.15, 0.2) is 0 Å². The first-order valence-corrected chi connectivity index (χ1v) is 8.93. The molecule has 0 radical (unpaired) electrons. The summed E-state index contributed by atoms with van der Waals surface area (Å²) in [6.45, 7) is 1.71. The molecule has 0 saturated carbocycles. The van der Waals surface area contributed by atoms with E-state index in [1.807, 2.05) is 0 Å². The lowest BCUT2D eigenvalue weighted by molar-refractivity contribution is -0.255. The van der Waals surface area contributed by atoms with Crippen LogP contribution in [0.5, 0.6) is 5.88 Å². The van der Waals surface area contributed by atoms with Crippen molar-refractivity contribution in [2.45, 2.75) is 13.3 Å². The predicted molar refractivity (Wildman–Crippen MR) is 107 cm³/mol. The molecule has 29 heavy (non-hydrogen) atoms. The molecule has 1 aromatic heterocycles. The van der Waals surface area contributed by atoms with Crippen LogP contribution in [-0.2, 0) is 0 Å². The molecular weight excluding hydrogens is 398 g/mol. The van der Waals surface area contributed by atoms with Crippen molar-refractivity contribution in [3.05, 3.63) is 85.5 Å². The van der Waals surface area contributed by atoms with Crippen LogP contribution in [0.1, 0.15) is 29.3 Å². The maximum atomic E-state index is 12.4. The number of carbonyl (C=O) groups excluding carboxylic acids is 1. The number of nitrogens with zero attached hydrogens (tertiary/aromatic N) is 2. The van der Waals surface area contributed by atoms with Gasteiger partial charge in [-0.25, -0.2) is 9.36 Å². The van der Waals surface area contributed by atoms with Crippen LogP contribution < -0.4 is 16.4 Å². The number of hydrogen-bond donors (Lipinski definition) is 2. The Bertz CT molecular complexity index is 1230. The molecule has 2 aromatic carbocycles. The summed E-state index contributed by atoms with van der Waals surface area (Å²) >= 11 is 5.86. The SMILES string of the molecule is CCC(=Nc1cccc(C(=O)[O-])c1)c1c(O)n(-c2ccc(Cl)cc2)c(=O)[nH]c1=O. The second-order valence-electron chi connectivity index (χ2n) is 6.02. The van der Waals surface area contributed by atoms with E-state index in [-0.39, 0.29) is 28.9 Å². The Morgan fingerprint density at radius 1 is 1.21 bits per heavy atom. The molecule has 0 bridgehead atoms. The third kappa shape index (κ3) is 4.12. The highest BCUT2D eigenvalue weighted by atomic mass is 35.5. The molecule has 2 N–H and O–H groups in total. The van der Waals surface area contributed by atoms with Crippen LogP contribution in [0.25, 0.3) is 5.69 Å². The highest BCUT2D eigenvalue weighted by molar-refractivity contribution is 6.30. The van der Waals surface area contributed by atoms with Crippen LogP contribution in [0.4, 0.5) is 5.69 Å². The van der Waals surface area contributed by atoms with Gasteiger partial charge >= 0.3 is 5.69 Å². The van der Waals surface area contributed by atoms with Crippen molar-refractivity contribution < 1.29 is 15.0 Å². The zero-order valence-electron chi connectivity index (χ0n) is 15.2. The summed E-state index contributed by atoms with van der Waals surface area (Å²) in [5, 5.41) is 22.2. The second kappa shape index (κ2) is 8.15. The van der Waals surface area contributed by atoms with Crippen LogP contribution >= 0.6 is 11.6 Å². The molecule has 3 rings (SSSR count). The normalized spacial score (nSPS) is 11.4. The Morgan fingerprint density at radius 2 is 1.90 bits per heavy atom. The minimum atomic E-state index is -1.36. The fourth-order valence-corrected chi connectivity index (χ4v) is 2.91. The van der Waals surface area contributed by atoms with E-state index < -0.39 is 23.1 Å². The molecule has 0 atom stereocenters. The number of carboxylic acid groups (broad SMARTS) is 1. The van der Waals surface area contributed by atoms with E-state index in [0.29, 0.717) is 10.7 Å². The molecule has 0 aliphatic rings. The summed E-state index contributed by atoms with van der Waals surface area (Å²) in [5.74, 6) is -1.95. The minimum Gasteiger partial charge on any atom is -0.545 e. The van der Waals surface area contributed by atoms with Gasteiger partial charge in [-0.1, -0.05) is 30.7 Å². The molecule has 0 fully saturated rings. The molecule has 148 valence electrons. The van der Waals surface area contributed by atoms with Gasteiger partial charge in [0, 0.05) is 5.02 Å². The summed E-state index contributed by atoms with van der Waals surface area (Å²) in [6, 6.07) is 11.8. The lowest BCUT2D eigenvalue weighted by Gasteiger charge is -2.13. The van der Waals surface area contributed by atoms with Crippen LogP contribution in [0.3, 0.4) is 0 Å². The number of rotatable bonds is 5. The van der Waals surface area contributed by atoms with E-state index in [1.54, 1.807) is 13.0 Å². The zero-order chi connectivity index (χ0) is 21.1. The van der Waals surface area contributed by atoms with Gasteiger partial charge in [-0.15, -0.1) is 0 Å². The van der Waals surface area contributed by atoms with Crippen LogP contribution in [0.15, 0.2) is 63.1 Å². The number of hydrogen-bond acceptors (Lipinski definition) is 6. The van der Waals surface area contributed by atoms with E-state index in [1.165, 1.54) is 42.5 Å². The number of aromatic hydroxyl groups is 1. The van der Waals surface area contributed by atoms with E-state index in [9.17, 15) is 24.6 Å². The lowest BCUT2D eigenvalue weighted by atomic mass is 10.1. The fourth-order valence-electron chi connectivity index (χ4n) is 2.78. The number of H-pyrrole nitrogens is 1. The quantitative estimate of drug-likeness (QED) is 0.617. The number of benzene rings is 2. The highest BCUT2D eigenvalue weighted by Crippen LogP contribution is 2.22. The average molecular weight is 413 g/mol. The zero-order valence-corrected chi connectivity index (χ0v) is 15.9. The molecule has 0 saturated heterocycles. The van der Waals surface area contributed by atoms with Gasteiger partial charge in [-0.3, -0.25) is 14.8 Å². The van der Waals surface area contributed by atoms with E-state index in [2.05, 4.69) is 9.98 Å². The van der Waals surface area contributed by atoms with Crippen molar-refractivity contribution in [1.29, 1.82) is 0 Å². The number of aliphatic imine (C=N–C) groups is 1. The number of aromatic carboxylic acids is 1. The van der Waals surface area contributed by atoms with Crippen molar-refractivity contribution in [1.82, 2.24) is 9.55 Å². The standard InChI is InChI=1S/C20H16ClN3O5/c1-2-15(22-13-5-3-4-11(10-13)19(27)28)16-17(25)23-20(29)24(18(16)26)14-8-6-12(21)7-9-14/h3-10,26H,2H2,1H3,(H,27,28)(H,23,25,29)/p-1. The number of nitrogens with one attached hydrogen (secondary N) is 1. The number of aromatic nitrogens is 2. The summed E-state index contributed by atoms with van der Waals surface area (Å²) < 4.78 is 0.926. The molecule has 0 spiro atoms. The van der Waals surface area contributed by atoms with Gasteiger partial charge in [-0.05, 0) is 48.4 Å². The molecular formula is C20H15ClN3O5-. The first-order chi connectivity index (χ1) is 13.8. The Kier molecular flexibility index (Phi) is 5.65. The smallest absolute Gasteiger partial charge is 0.335 e. The second-order valence-corrected chi connectivity index (χ2v) is 6.46. The monoisotopic (exact) mass is 412 g/mol. The first kappa shape index (κ1) is 20.1. The summed E-state index contributed by atoms with van der Waals surface area (Å²) in [7, 11) is 0. The Balaban J connectivity index is 2.21. The number of halogens is 1. The van der Waals surface area contributed by atoms with Crippen molar-refractivity contribution >= 4 is 29.0 Å². The van der Waals surface area contributed by atoms with Crippen molar-refractivity contribution in [2.24, 2.45) is 4.99 Å². The van der Waals surface area contributed by atoms with Gasteiger partial charge in [0.2, 0.25) is 5.88 Å². The van der Waals surface area contributed by atoms with Gasteiger partial charge in [0.05, 0.1) is 23.1 Å². The van der Waals surface area contributed by atoms with Crippen LogP contribution in [0, 0.1) is 0 Å². The summed E-state index contributed by atoms with van der Waals surface area (Å²) in [5.41, 5.74) is -1.19.